The molecule has 0 spiro atoms. The summed E-state index contributed by atoms with van der Waals surface area (Å²) in [5, 5.41) is 5.92. The molecular formula is C11H25N3O. The minimum absolute atomic E-state index is 0.122. The van der Waals surface area contributed by atoms with Crippen LogP contribution in [-0.4, -0.2) is 51.1 Å². The van der Waals surface area contributed by atoms with Crippen LogP contribution in [0.3, 0.4) is 0 Å². The van der Waals surface area contributed by atoms with E-state index >= 15 is 0 Å². The molecule has 0 aliphatic heterocycles. The van der Waals surface area contributed by atoms with Crippen molar-refractivity contribution >= 4 is 5.91 Å². The second kappa shape index (κ2) is 7.65. The van der Waals surface area contributed by atoms with Crippen LogP contribution in [0.1, 0.15) is 20.3 Å². The quantitative estimate of drug-likeness (QED) is 0.642. The Morgan fingerprint density at radius 3 is 2.33 bits per heavy atom. The summed E-state index contributed by atoms with van der Waals surface area (Å²) in [7, 11) is 5.94. The highest BCUT2D eigenvalue weighted by Gasteiger charge is 2.16. The van der Waals surface area contributed by atoms with Crippen molar-refractivity contribution in [2.24, 2.45) is 5.92 Å². The van der Waals surface area contributed by atoms with Crippen molar-refractivity contribution in [1.82, 2.24) is 15.5 Å². The van der Waals surface area contributed by atoms with E-state index in [1.807, 2.05) is 21.1 Å². The van der Waals surface area contributed by atoms with Crippen molar-refractivity contribution in [2.75, 3.05) is 34.2 Å². The molecule has 90 valence electrons. The van der Waals surface area contributed by atoms with Crippen LogP contribution in [0.5, 0.6) is 0 Å². The molecule has 0 aliphatic rings. The number of likely N-dealkylation sites (N-methyl/N-ethyl adjacent to an activating group) is 1. The number of carbonyl (C=O) groups excluding carboxylic acids is 1. The fourth-order valence-corrected chi connectivity index (χ4v) is 1.56. The van der Waals surface area contributed by atoms with Crippen LogP contribution in [0.4, 0.5) is 0 Å². The number of hydrogen-bond acceptors (Lipinski definition) is 3. The lowest BCUT2D eigenvalue weighted by Crippen LogP contribution is -2.43. The van der Waals surface area contributed by atoms with Gasteiger partial charge in [-0.05, 0) is 27.1 Å². The average molecular weight is 215 g/mol. The van der Waals surface area contributed by atoms with Gasteiger partial charge in [-0.15, -0.1) is 0 Å². The van der Waals surface area contributed by atoms with E-state index in [1.54, 1.807) is 0 Å². The Morgan fingerprint density at radius 2 is 1.93 bits per heavy atom. The highest BCUT2D eigenvalue weighted by atomic mass is 16.1. The third-order valence-corrected chi connectivity index (χ3v) is 2.54. The van der Waals surface area contributed by atoms with Crippen LogP contribution in [0.25, 0.3) is 0 Å². The molecule has 1 amide bonds. The Labute approximate surface area is 93.4 Å². The first-order valence-corrected chi connectivity index (χ1v) is 5.56. The lowest BCUT2D eigenvalue weighted by molar-refractivity contribution is -0.121. The van der Waals surface area contributed by atoms with E-state index in [0.717, 1.165) is 13.1 Å². The lowest BCUT2D eigenvalue weighted by Gasteiger charge is -2.28. The number of nitrogens with one attached hydrogen (secondary N) is 2. The van der Waals surface area contributed by atoms with E-state index in [-0.39, 0.29) is 5.91 Å². The van der Waals surface area contributed by atoms with Gasteiger partial charge >= 0.3 is 0 Å². The Kier molecular flexibility index (Phi) is 7.34. The SMILES string of the molecule is CNCCC(=O)NCC(C(C)C)N(C)C. The van der Waals surface area contributed by atoms with Gasteiger partial charge < -0.3 is 15.5 Å². The molecule has 1 atom stereocenters. The molecule has 0 bridgehead atoms. The molecule has 0 heterocycles. The monoisotopic (exact) mass is 215 g/mol. The minimum atomic E-state index is 0.122. The molecule has 0 fully saturated rings. The first-order chi connectivity index (χ1) is 6.99. The highest BCUT2D eigenvalue weighted by molar-refractivity contribution is 5.76. The predicted molar refractivity (Wildman–Crippen MR) is 63.9 cm³/mol. The van der Waals surface area contributed by atoms with Crippen LogP contribution in [-0.2, 0) is 4.79 Å². The van der Waals surface area contributed by atoms with Crippen molar-refractivity contribution in [1.29, 1.82) is 0 Å². The Hall–Kier alpha value is -0.610. The molecule has 2 N–H and O–H groups in total. The van der Waals surface area contributed by atoms with Gasteiger partial charge in [-0.3, -0.25) is 4.79 Å². The summed E-state index contributed by atoms with van der Waals surface area (Å²) >= 11 is 0. The summed E-state index contributed by atoms with van der Waals surface area (Å²) in [6, 6.07) is 0.406. The zero-order valence-electron chi connectivity index (χ0n) is 10.6. The second-order valence-electron chi connectivity index (χ2n) is 4.43. The van der Waals surface area contributed by atoms with E-state index in [1.165, 1.54) is 0 Å². The Morgan fingerprint density at radius 1 is 1.33 bits per heavy atom. The maximum Gasteiger partial charge on any atom is 0.221 e. The minimum Gasteiger partial charge on any atom is -0.354 e. The molecule has 0 radical (unpaired) electrons. The molecule has 15 heavy (non-hydrogen) atoms. The maximum absolute atomic E-state index is 11.4. The van der Waals surface area contributed by atoms with E-state index < -0.39 is 0 Å². The van der Waals surface area contributed by atoms with E-state index in [0.29, 0.717) is 18.4 Å². The van der Waals surface area contributed by atoms with Gasteiger partial charge in [-0.25, -0.2) is 0 Å². The van der Waals surface area contributed by atoms with Crippen molar-refractivity contribution in [3.05, 3.63) is 0 Å². The molecule has 0 aliphatic carbocycles. The van der Waals surface area contributed by atoms with Gasteiger partial charge in [0.2, 0.25) is 5.91 Å². The summed E-state index contributed by atoms with van der Waals surface area (Å²) in [6.45, 7) is 5.81. The summed E-state index contributed by atoms with van der Waals surface area (Å²) in [6.07, 6.45) is 0.550. The molecule has 4 nitrogen and oxygen atoms in total. The fourth-order valence-electron chi connectivity index (χ4n) is 1.56. The van der Waals surface area contributed by atoms with Gasteiger partial charge in [0.1, 0.15) is 0 Å². The molecule has 0 aromatic carbocycles. The van der Waals surface area contributed by atoms with Gasteiger partial charge in [0.25, 0.3) is 0 Å². The van der Waals surface area contributed by atoms with E-state index in [4.69, 9.17) is 0 Å². The first-order valence-electron chi connectivity index (χ1n) is 5.56. The molecule has 0 saturated heterocycles. The van der Waals surface area contributed by atoms with Crippen LogP contribution in [0, 0.1) is 5.92 Å². The summed E-state index contributed by atoms with van der Waals surface area (Å²) in [5.41, 5.74) is 0. The number of rotatable bonds is 7. The Bertz CT molecular complexity index is 173. The molecular weight excluding hydrogens is 190 g/mol. The van der Waals surface area contributed by atoms with Gasteiger partial charge in [0.05, 0.1) is 0 Å². The zero-order chi connectivity index (χ0) is 11.8. The number of nitrogens with zero attached hydrogens (tertiary/aromatic N) is 1. The van der Waals surface area contributed by atoms with Crippen LogP contribution < -0.4 is 10.6 Å². The molecule has 1 unspecified atom stereocenters. The number of amides is 1. The van der Waals surface area contributed by atoms with Crippen molar-refractivity contribution in [3.8, 4) is 0 Å². The fraction of sp³-hybridized carbons (Fsp3) is 0.909. The zero-order valence-corrected chi connectivity index (χ0v) is 10.6. The van der Waals surface area contributed by atoms with Crippen molar-refractivity contribution in [2.45, 2.75) is 26.3 Å². The Balaban J connectivity index is 3.84. The van der Waals surface area contributed by atoms with E-state index in [9.17, 15) is 4.79 Å². The van der Waals surface area contributed by atoms with Crippen molar-refractivity contribution in [3.63, 3.8) is 0 Å². The first kappa shape index (κ1) is 14.4. The van der Waals surface area contributed by atoms with E-state index in [2.05, 4.69) is 29.4 Å². The molecule has 0 saturated carbocycles. The van der Waals surface area contributed by atoms with Gasteiger partial charge in [0, 0.05) is 25.6 Å². The summed E-state index contributed by atoms with van der Waals surface area (Å²) in [5.74, 6) is 0.668. The standard InChI is InChI=1S/C11H25N3O/c1-9(2)10(14(4)5)8-13-11(15)6-7-12-3/h9-10,12H,6-8H2,1-5H3,(H,13,15). The molecule has 0 aromatic rings. The molecule has 4 heteroatoms. The average Bonchev–Trinajstić information content (AvgIpc) is 2.13. The smallest absolute Gasteiger partial charge is 0.221 e. The van der Waals surface area contributed by atoms with Crippen molar-refractivity contribution < 1.29 is 4.79 Å². The number of carbonyl (C=O) groups is 1. The normalized spacial score (nSPS) is 13.3. The molecule has 0 rings (SSSR count). The maximum atomic E-state index is 11.4. The van der Waals surface area contributed by atoms with Gasteiger partial charge in [0.15, 0.2) is 0 Å². The predicted octanol–water partition coefficient (Wildman–Crippen LogP) is 0.298. The summed E-state index contributed by atoms with van der Waals surface area (Å²) in [4.78, 5) is 13.5. The van der Waals surface area contributed by atoms with Gasteiger partial charge in [-0.1, -0.05) is 13.8 Å². The molecule has 0 aromatic heterocycles. The van der Waals surface area contributed by atoms with Crippen LogP contribution in [0.2, 0.25) is 0 Å². The second-order valence-corrected chi connectivity index (χ2v) is 4.43. The largest absolute Gasteiger partial charge is 0.354 e. The lowest BCUT2D eigenvalue weighted by atomic mass is 10.0. The van der Waals surface area contributed by atoms with Crippen LogP contribution >= 0.6 is 0 Å². The topological polar surface area (TPSA) is 44.4 Å². The third-order valence-electron chi connectivity index (χ3n) is 2.54. The highest BCUT2D eigenvalue weighted by Crippen LogP contribution is 2.05. The third kappa shape index (κ3) is 6.47. The van der Waals surface area contributed by atoms with Gasteiger partial charge in [-0.2, -0.15) is 0 Å². The summed E-state index contributed by atoms with van der Waals surface area (Å²) < 4.78 is 0. The van der Waals surface area contributed by atoms with Crippen LogP contribution in [0.15, 0.2) is 0 Å². The number of hydrogen-bond donors (Lipinski definition) is 2.